The fraction of sp³-hybridized carbons (Fsp3) is 0.231. The van der Waals surface area contributed by atoms with Crippen LogP contribution >= 0.6 is 0 Å². The van der Waals surface area contributed by atoms with Crippen LogP contribution in [-0.4, -0.2) is 40.3 Å². The van der Waals surface area contributed by atoms with E-state index in [1.807, 2.05) is 24.3 Å². The van der Waals surface area contributed by atoms with Crippen LogP contribution in [0.4, 0.5) is 0 Å². The van der Waals surface area contributed by atoms with Gasteiger partial charge in [-0.05, 0) is 35.4 Å². The summed E-state index contributed by atoms with van der Waals surface area (Å²) in [5.41, 5.74) is 2.70. The predicted molar refractivity (Wildman–Crippen MR) is 128 cm³/mol. The van der Waals surface area contributed by atoms with Gasteiger partial charge in [-0.25, -0.2) is 0 Å². The van der Waals surface area contributed by atoms with Crippen LogP contribution in [0.3, 0.4) is 0 Å². The highest BCUT2D eigenvalue weighted by atomic mass is 16.5. The van der Waals surface area contributed by atoms with Gasteiger partial charge < -0.3 is 29.6 Å². The number of carbonyl (C=O) groups excluding carboxylic acids is 2. The maximum atomic E-state index is 12.6. The first-order valence-electron chi connectivity index (χ1n) is 10.6. The Morgan fingerprint density at radius 1 is 0.588 bits per heavy atom. The van der Waals surface area contributed by atoms with Gasteiger partial charge in [-0.3, -0.25) is 9.59 Å². The Bertz CT molecular complexity index is 1050. The molecule has 0 spiro atoms. The number of ether oxygens (including phenoxy) is 4. The summed E-state index contributed by atoms with van der Waals surface area (Å²) in [6.07, 6.45) is 0. The first-order chi connectivity index (χ1) is 16.5. The summed E-state index contributed by atoms with van der Waals surface area (Å²) in [5.74, 6) is 1.62. The molecule has 0 saturated carbocycles. The van der Waals surface area contributed by atoms with Crippen LogP contribution in [0.5, 0.6) is 23.0 Å². The number of nitrogens with one attached hydrogen (secondary N) is 2. The summed E-state index contributed by atoms with van der Waals surface area (Å²) >= 11 is 0. The summed E-state index contributed by atoms with van der Waals surface area (Å²) in [6, 6.07) is 17.7. The van der Waals surface area contributed by atoms with Gasteiger partial charge in [0, 0.05) is 25.2 Å². The van der Waals surface area contributed by atoms with Crippen LogP contribution in [0.1, 0.15) is 31.8 Å². The molecular weight excluding hydrogens is 436 g/mol. The van der Waals surface area contributed by atoms with Crippen molar-refractivity contribution in [2.24, 2.45) is 0 Å². The molecule has 2 amide bonds. The molecule has 0 radical (unpaired) electrons. The Hall–Kier alpha value is -4.20. The second kappa shape index (κ2) is 11.6. The van der Waals surface area contributed by atoms with E-state index in [2.05, 4.69) is 10.6 Å². The largest absolute Gasteiger partial charge is 0.497 e. The maximum Gasteiger partial charge on any atom is 0.255 e. The van der Waals surface area contributed by atoms with Crippen LogP contribution in [0, 0.1) is 0 Å². The Morgan fingerprint density at radius 3 is 1.29 bits per heavy atom. The monoisotopic (exact) mass is 464 g/mol. The lowest BCUT2D eigenvalue weighted by Crippen LogP contribution is -2.24. The van der Waals surface area contributed by atoms with E-state index in [1.54, 1.807) is 50.6 Å². The van der Waals surface area contributed by atoms with Crippen molar-refractivity contribution in [2.45, 2.75) is 13.1 Å². The molecule has 178 valence electrons. The van der Waals surface area contributed by atoms with E-state index in [0.717, 1.165) is 11.1 Å². The van der Waals surface area contributed by atoms with Gasteiger partial charge in [0.25, 0.3) is 11.8 Å². The van der Waals surface area contributed by atoms with Gasteiger partial charge in [-0.2, -0.15) is 0 Å². The molecule has 0 aliphatic rings. The molecule has 0 unspecified atom stereocenters. The molecule has 0 saturated heterocycles. The molecule has 2 N–H and O–H groups in total. The molecule has 0 aliphatic carbocycles. The Kier molecular flexibility index (Phi) is 8.34. The van der Waals surface area contributed by atoms with Crippen LogP contribution in [0.2, 0.25) is 0 Å². The molecule has 0 aliphatic heterocycles. The zero-order chi connectivity index (χ0) is 24.5. The third kappa shape index (κ3) is 5.98. The lowest BCUT2D eigenvalue weighted by Gasteiger charge is -2.12. The molecule has 0 bridgehead atoms. The van der Waals surface area contributed by atoms with Gasteiger partial charge >= 0.3 is 0 Å². The fourth-order valence-corrected chi connectivity index (χ4v) is 3.30. The molecule has 0 aromatic heterocycles. The van der Waals surface area contributed by atoms with Gasteiger partial charge in [-0.15, -0.1) is 0 Å². The summed E-state index contributed by atoms with van der Waals surface area (Å²) in [7, 11) is 6.13. The summed E-state index contributed by atoms with van der Waals surface area (Å²) in [5, 5.41) is 5.77. The van der Waals surface area contributed by atoms with Crippen molar-refractivity contribution >= 4 is 11.8 Å². The van der Waals surface area contributed by atoms with Crippen molar-refractivity contribution in [1.29, 1.82) is 0 Å². The van der Waals surface area contributed by atoms with Crippen molar-refractivity contribution in [3.8, 4) is 23.0 Å². The van der Waals surface area contributed by atoms with Gasteiger partial charge in [0.1, 0.15) is 23.0 Å². The van der Waals surface area contributed by atoms with Crippen LogP contribution in [-0.2, 0) is 13.1 Å². The highest BCUT2D eigenvalue weighted by Gasteiger charge is 2.14. The van der Waals surface area contributed by atoms with Crippen LogP contribution < -0.4 is 29.6 Å². The third-order valence-corrected chi connectivity index (χ3v) is 5.24. The average Bonchev–Trinajstić information content (AvgIpc) is 2.89. The summed E-state index contributed by atoms with van der Waals surface area (Å²) < 4.78 is 20.9. The number of hydrogen-bond donors (Lipinski definition) is 2. The molecule has 34 heavy (non-hydrogen) atoms. The third-order valence-electron chi connectivity index (χ3n) is 5.24. The molecule has 3 rings (SSSR count). The topological polar surface area (TPSA) is 95.1 Å². The normalized spacial score (nSPS) is 10.2. The van der Waals surface area contributed by atoms with Gasteiger partial charge in [0.15, 0.2) is 0 Å². The summed E-state index contributed by atoms with van der Waals surface area (Å²) in [4.78, 5) is 25.1. The molecule has 3 aromatic rings. The second-order valence-electron chi connectivity index (χ2n) is 7.31. The number of amides is 2. The second-order valence-corrected chi connectivity index (χ2v) is 7.31. The summed E-state index contributed by atoms with van der Waals surface area (Å²) in [6.45, 7) is 0.702. The van der Waals surface area contributed by atoms with Gasteiger partial charge in [0.2, 0.25) is 0 Å². The van der Waals surface area contributed by atoms with Crippen molar-refractivity contribution < 1.29 is 28.5 Å². The number of benzene rings is 3. The predicted octanol–water partition coefficient (Wildman–Crippen LogP) is 3.58. The van der Waals surface area contributed by atoms with E-state index in [-0.39, 0.29) is 11.8 Å². The van der Waals surface area contributed by atoms with Crippen LogP contribution in [0.25, 0.3) is 0 Å². The Balaban J connectivity index is 1.55. The standard InChI is InChI=1S/C26H28N2O6/c1-31-19-9-11-21(23(13-19)33-3)25(29)27-15-17-5-7-18(8-6-17)16-28-26(30)22-12-10-20(32-2)14-24(22)34-4/h5-14H,15-16H2,1-4H3,(H,27,29)(H,28,30). The van der Waals surface area contributed by atoms with Gasteiger partial charge in [0.05, 0.1) is 39.6 Å². The highest BCUT2D eigenvalue weighted by Crippen LogP contribution is 2.25. The number of hydrogen-bond acceptors (Lipinski definition) is 6. The van der Waals surface area contributed by atoms with E-state index < -0.39 is 0 Å². The van der Waals surface area contributed by atoms with Crippen molar-refractivity contribution in [3.63, 3.8) is 0 Å². The maximum absolute atomic E-state index is 12.6. The fourth-order valence-electron chi connectivity index (χ4n) is 3.30. The average molecular weight is 465 g/mol. The zero-order valence-corrected chi connectivity index (χ0v) is 19.6. The number of methoxy groups -OCH3 is 4. The first kappa shape index (κ1) is 24.4. The highest BCUT2D eigenvalue weighted by molar-refractivity contribution is 5.97. The number of carbonyl (C=O) groups is 2. The van der Waals surface area contributed by atoms with Crippen LogP contribution in [0.15, 0.2) is 60.7 Å². The van der Waals surface area contributed by atoms with Crippen molar-refractivity contribution in [1.82, 2.24) is 10.6 Å². The molecular formula is C26H28N2O6. The van der Waals surface area contributed by atoms with E-state index in [0.29, 0.717) is 47.2 Å². The van der Waals surface area contributed by atoms with Gasteiger partial charge in [-0.1, -0.05) is 24.3 Å². The molecule has 0 heterocycles. The molecule has 8 nitrogen and oxygen atoms in total. The molecule has 8 heteroatoms. The Morgan fingerprint density at radius 2 is 0.971 bits per heavy atom. The quantitative estimate of drug-likeness (QED) is 0.476. The lowest BCUT2D eigenvalue weighted by atomic mass is 10.1. The first-order valence-corrected chi connectivity index (χ1v) is 10.6. The minimum Gasteiger partial charge on any atom is -0.497 e. The van der Waals surface area contributed by atoms with E-state index in [9.17, 15) is 9.59 Å². The molecule has 3 aromatic carbocycles. The van der Waals surface area contributed by atoms with Crippen molar-refractivity contribution in [3.05, 3.63) is 82.9 Å². The minimum absolute atomic E-state index is 0.246. The van der Waals surface area contributed by atoms with E-state index in [4.69, 9.17) is 18.9 Å². The SMILES string of the molecule is COc1ccc(C(=O)NCc2ccc(CNC(=O)c3ccc(OC)cc3OC)cc2)c(OC)c1. The van der Waals surface area contributed by atoms with E-state index in [1.165, 1.54) is 14.2 Å². The van der Waals surface area contributed by atoms with Crippen molar-refractivity contribution in [2.75, 3.05) is 28.4 Å². The molecule has 0 fully saturated rings. The minimum atomic E-state index is -0.246. The number of rotatable bonds is 10. The van der Waals surface area contributed by atoms with E-state index >= 15 is 0 Å². The lowest BCUT2D eigenvalue weighted by molar-refractivity contribution is 0.0939. The zero-order valence-electron chi connectivity index (χ0n) is 19.6. The molecule has 0 atom stereocenters. The smallest absolute Gasteiger partial charge is 0.255 e. The Labute approximate surface area is 198 Å².